The first-order valence-corrected chi connectivity index (χ1v) is 4.69. The Labute approximate surface area is 76.5 Å². The van der Waals surface area contributed by atoms with Gasteiger partial charge in [-0.2, -0.15) is 13.2 Å². The monoisotopic (exact) mass is 248 g/mol. The molecule has 0 amide bonds. The molecule has 0 aromatic carbocycles. The van der Waals surface area contributed by atoms with Crippen LogP contribution in [-0.4, -0.2) is 16.7 Å². The summed E-state index contributed by atoms with van der Waals surface area (Å²) in [6.45, 7) is 0. The van der Waals surface area contributed by atoms with Gasteiger partial charge in [0.05, 0.1) is 4.83 Å². The lowest BCUT2D eigenvalue weighted by atomic mass is 9.86. The Morgan fingerprint density at radius 3 is 2.17 bits per heavy atom. The summed E-state index contributed by atoms with van der Waals surface area (Å²) < 4.78 is 49.8. The molecule has 1 aliphatic rings. The van der Waals surface area contributed by atoms with Crippen LogP contribution in [0, 0.1) is 0 Å². The SMILES string of the molecule is FC(F)(F)C1(F)CCCCC1Br. The average molecular weight is 249 g/mol. The fourth-order valence-electron chi connectivity index (χ4n) is 1.41. The molecule has 0 aliphatic heterocycles. The van der Waals surface area contributed by atoms with Crippen molar-refractivity contribution < 1.29 is 17.6 Å². The van der Waals surface area contributed by atoms with E-state index in [0.29, 0.717) is 12.8 Å². The lowest BCUT2D eigenvalue weighted by molar-refractivity contribution is -0.236. The van der Waals surface area contributed by atoms with Gasteiger partial charge < -0.3 is 0 Å². The molecule has 2 atom stereocenters. The maximum Gasteiger partial charge on any atom is 0.423 e. The molecule has 0 spiro atoms. The van der Waals surface area contributed by atoms with E-state index < -0.39 is 23.1 Å². The zero-order valence-electron chi connectivity index (χ0n) is 6.30. The smallest absolute Gasteiger partial charge is 0.233 e. The Morgan fingerprint density at radius 1 is 1.25 bits per heavy atom. The predicted molar refractivity (Wildman–Crippen MR) is 41.1 cm³/mol. The van der Waals surface area contributed by atoms with Crippen LogP contribution in [0.15, 0.2) is 0 Å². The number of hydrogen-bond acceptors (Lipinski definition) is 0. The van der Waals surface area contributed by atoms with Gasteiger partial charge in [-0.05, 0) is 19.3 Å². The maximum atomic E-state index is 13.3. The van der Waals surface area contributed by atoms with E-state index >= 15 is 0 Å². The van der Waals surface area contributed by atoms with Crippen LogP contribution in [-0.2, 0) is 0 Å². The van der Waals surface area contributed by atoms with E-state index in [4.69, 9.17) is 0 Å². The van der Waals surface area contributed by atoms with Gasteiger partial charge in [0.2, 0.25) is 5.67 Å². The van der Waals surface area contributed by atoms with E-state index in [1.165, 1.54) is 0 Å². The molecule has 0 N–H and O–H groups in total. The van der Waals surface area contributed by atoms with Gasteiger partial charge in [0.25, 0.3) is 0 Å². The van der Waals surface area contributed by atoms with Gasteiger partial charge in [-0.25, -0.2) is 4.39 Å². The third-order valence-corrected chi connectivity index (χ3v) is 3.40. The number of hydrogen-bond donors (Lipinski definition) is 0. The van der Waals surface area contributed by atoms with Gasteiger partial charge >= 0.3 is 6.18 Å². The average Bonchev–Trinajstić information content (AvgIpc) is 1.93. The minimum atomic E-state index is -4.73. The summed E-state index contributed by atoms with van der Waals surface area (Å²) in [4.78, 5) is -1.07. The normalized spacial score (nSPS) is 38.2. The molecule has 0 saturated heterocycles. The molecule has 1 aliphatic carbocycles. The predicted octanol–water partition coefficient (Wildman–Crippen LogP) is 3.59. The van der Waals surface area contributed by atoms with Crippen LogP contribution >= 0.6 is 15.9 Å². The van der Waals surface area contributed by atoms with Gasteiger partial charge in [0, 0.05) is 0 Å². The first-order chi connectivity index (χ1) is 5.38. The van der Waals surface area contributed by atoms with Crippen molar-refractivity contribution in [2.75, 3.05) is 0 Å². The molecule has 0 bridgehead atoms. The van der Waals surface area contributed by atoms with Crippen LogP contribution in [0.3, 0.4) is 0 Å². The van der Waals surface area contributed by atoms with Gasteiger partial charge in [-0.1, -0.05) is 22.4 Å². The zero-order valence-corrected chi connectivity index (χ0v) is 7.88. The maximum absolute atomic E-state index is 13.3. The van der Waals surface area contributed by atoms with E-state index in [9.17, 15) is 17.6 Å². The van der Waals surface area contributed by atoms with Crippen molar-refractivity contribution in [1.82, 2.24) is 0 Å². The topological polar surface area (TPSA) is 0 Å². The van der Waals surface area contributed by atoms with Crippen molar-refractivity contribution >= 4 is 15.9 Å². The highest BCUT2D eigenvalue weighted by Gasteiger charge is 2.60. The van der Waals surface area contributed by atoms with Gasteiger partial charge in [0.15, 0.2) is 0 Å². The number of rotatable bonds is 0. The molecule has 0 aromatic heterocycles. The Morgan fingerprint density at radius 2 is 1.83 bits per heavy atom. The van der Waals surface area contributed by atoms with E-state index in [1.807, 2.05) is 0 Å². The summed E-state index contributed by atoms with van der Waals surface area (Å²) in [6.07, 6.45) is -3.90. The van der Waals surface area contributed by atoms with E-state index in [0.717, 1.165) is 0 Å². The van der Waals surface area contributed by atoms with Crippen LogP contribution in [0.25, 0.3) is 0 Å². The minimum Gasteiger partial charge on any atom is -0.233 e. The van der Waals surface area contributed by atoms with Crippen LogP contribution in [0.1, 0.15) is 25.7 Å². The van der Waals surface area contributed by atoms with Crippen molar-refractivity contribution in [3.8, 4) is 0 Å². The number of alkyl halides is 5. The van der Waals surface area contributed by atoms with Crippen LogP contribution in [0.5, 0.6) is 0 Å². The highest BCUT2D eigenvalue weighted by molar-refractivity contribution is 9.09. The van der Waals surface area contributed by atoms with Crippen molar-refractivity contribution in [1.29, 1.82) is 0 Å². The summed E-state index contributed by atoms with van der Waals surface area (Å²) in [5.74, 6) is 0. The third kappa shape index (κ3) is 1.60. The summed E-state index contributed by atoms with van der Waals surface area (Å²) >= 11 is 2.75. The minimum absolute atomic E-state index is 0.260. The Hall–Kier alpha value is 0.200. The molecule has 2 unspecified atom stereocenters. The largest absolute Gasteiger partial charge is 0.423 e. The molecular weight excluding hydrogens is 240 g/mol. The molecule has 1 rings (SSSR count). The first kappa shape index (κ1) is 10.3. The fourth-order valence-corrected chi connectivity index (χ4v) is 2.22. The lowest BCUT2D eigenvalue weighted by Crippen LogP contribution is -2.49. The lowest BCUT2D eigenvalue weighted by Gasteiger charge is -2.35. The molecule has 0 heterocycles. The first-order valence-electron chi connectivity index (χ1n) is 3.77. The summed E-state index contributed by atoms with van der Waals surface area (Å²) in [5.41, 5.74) is -3.01. The summed E-state index contributed by atoms with van der Waals surface area (Å²) in [7, 11) is 0. The fraction of sp³-hybridized carbons (Fsp3) is 1.00. The molecular formula is C7H9BrF4. The standard InChI is InChI=1S/C7H9BrF4/c8-5-3-1-2-4-6(5,9)7(10,11)12/h5H,1-4H2. The van der Waals surface area contributed by atoms with Crippen molar-refractivity contribution in [2.24, 2.45) is 0 Å². The van der Waals surface area contributed by atoms with Crippen LogP contribution in [0.2, 0.25) is 0 Å². The molecule has 0 nitrogen and oxygen atoms in total. The van der Waals surface area contributed by atoms with Gasteiger partial charge in [-0.3, -0.25) is 0 Å². The van der Waals surface area contributed by atoms with Crippen molar-refractivity contribution in [3.05, 3.63) is 0 Å². The Balaban J connectivity index is 2.79. The highest BCUT2D eigenvalue weighted by Crippen LogP contribution is 2.47. The molecule has 72 valence electrons. The second-order valence-electron chi connectivity index (χ2n) is 3.07. The van der Waals surface area contributed by atoms with Crippen molar-refractivity contribution in [2.45, 2.75) is 42.4 Å². The summed E-state index contributed by atoms with van der Waals surface area (Å²) in [6, 6.07) is 0. The van der Waals surface area contributed by atoms with E-state index in [1.54, 1.807) is 0 Å². The van der Waals surface area contributed by atoms with Gasteiger partial charge in [0.1, 0.15) is 0 Å². The summed E-state index contributed by atoms with van der Waals surface area (Å²) in [5, 5.41) is 0. The van der Waals surface area contributed by atoms with E-state index in [2.05, 4.69) is 15.9 Å². The van der Waals surface area contributed by atoms with Crippen molar-refractivity contribution in [3.63, 3.8) is 0 Å². The Bertz CT molecular complexity index is 167. The molecule has 1 saturated carbocycles. The Kier molecular flexibility index (Phi) is 2.71. The second kappa shape index (κ2) is 3.16. The molecule has 12 heavy (non-hydrogen) atoms. The van der Waals surface area contributed by atoms with Crippen LogP contribution in [0.4, 0.5) is 17.6 Å². The quantitative estimate of drug-likeness (QED) is 0.454. The van der Waals surface area contributed by atoms with Crippen LogP contribution < -0.4 is 0 Å². The van der Waals surface area contributed by atoms with E-state index in [-0.39, 0.29) is 6.42 Å². The molecule has 0 radical (unpaired) electrons. The molecule has 1 fully saturated rings. The van der Waals surface area contributed by atoms with Gasteiger partial charge in [-0.15, -0.1) is 0 Å². The molecule has 5 heteroatoms. The second-order valence-corrected chi connectivity index (χ2v) is 4.18. The highest BCUT2D eigenvalue weighted by atomic mass is 79.9. The molecule has 0 aromatic rings. The number of halogens is 5. The third-order valence-electron chi connectivity index (χ3n) is 2.22. The zero-order chi connectivity index (χ0) is 9.41.